The molecule has 1 aliphatic rings. The van der Waals surface area contributed by atoms with Gasteiger partial charge in [0.25, 0.3) is 0 Å². The van der Waals surface area contributed by atoms with Crippen LogP contribution in [0.1, 0.15) is 31.7 Å². The van der Waals surface area contributed by atoms with Gasteiger partial charge >= 0.3 is 6.09 Å². The van der Waals surface area contributed by atoms with Crippen molar-refractivity contribution in [1.82, 2.24) is 24.8 Å². The molecule has 1 amide bonds. The van der Waals surface area contributed by atoms with E-state index in [9.17, 15) is 4.79 Å². The van der Waals surface area contributed by atoms with Gasteiger partial charge in [0.1, 0.15) is 17.8 Å². The molecule has 132 valence electrons. The number of aromatic nitrogens is 4. The van der Waals surface area contributed by atoms with Gasteiger partial charge in [-0.25, -0.2) is 14.8 Å². The maximum atomic E-state index is 11.7. The fourth-order valence-electron chi connectivity index (χ4n) is 3.67. The molecular weight excluding hydrogens is 320 g/mol. The smallest absolute Gasteiger partial charge is 0.407 e. The van der Waals surface area contributed by atoms with Crippen molar-refractivity contribution in [1.29, 1.82) is 0 Å². The number of alkyl carbamates (subject to hydrolysis) is 1. The minimum Gasteiger partial charge on any atom is -0.448 e. The monoisotopic (exact) mass is 342 g/mol. The normalized spacial score (nSPS) is 20.8. The Balaban J connectivity index is 1.47. The van der Waals surface area contributed by atoms with E-state index in [4.69, 9.17) is 10.5 Å². The molecule has 0 aromatic carbocycles. The molecule has 3 aromatic rings. The van der Waals surface area contributed by atoms with Crippen LogP contribution in [0.3, 0.4) is 0 Å². The standard InChI is InChI=1S/C17H22N6O2/c18-6-8-25-17(24)22-11-1-3-12(4-2-11)23-10-21-14-9-20-16-13(15(14)23)5-7-19-16/h5,7,9-12H,1-4,6,8,18H2,(H,19,20)(H,22,24)/t11-,12-. The van der Waals surface area contributed by atoms with E-state index in [0.717, 1.165) is 47.8 Å². The molecule has 0 aliphatic heterocycles. The highest BCUT2D eigenvalue weighted by Gasteiger charge is 2.25. The van der Waals surface area contributed by atoms with E-state index < -0.39 is 0 Å². The van der Waals surface area contributed by atoms with Crippen LogP contribution in [-0.2, 0) is 4.74 Å². The summed E-state index contributed by atoms with van der Waals surface area (Å²) in [6, 6.07) is 2.58. The Morgan fingerprint density at radius 3 is 3.00 bits per heavy atom. The van der Waals surface area contributed by atoms with Crippen LogP contribution < -0.4 is 11.1 Å². The number of carbonyl (C=O) groups excluding carboxylic acids is 1. The highest BCUT2D eigenvalue weighted by Crippen LogP contribution is 2.33. The molecule has 0 spiro atoms. The molecular formula is C17H22N6O2. The van der Waals surface area contributed by atoms with Crippen molar-refractivity contribution in [3.05, 3.63) is 24.8 Å². The first-order valence-electron chi connectivity index (χ1n) is 8.68. The van der Waals surface area contributed by atoms with E-state index in [1.54, 1.807) is 0 Å². The molecule has 0 atom stereocenters. The molecule has 1 fully saturated rings. The molecule has 3 aromatic heterocycles. The van der Waals surface area contributed by atoms with Crippen LogP contribution in [0.5, 0.6) is 0 Å². The SMILES string of the molecule is NCCOC(=O)N[C@H]1CC[C@H](n2cnc3cnc4[nH]ccc4c32)CC1. The number of carbonyl (C=O) groups is 1. The minimum atomic E-state index is -0.373. The van der Waals surface area contributed by atoms with Gasteiger partial charge in [0.2, 0.25) is 0 Å². The number of nitrogens with zero attached hydrogens (tertiary/aromatic N) is 3. The van der Waals surface area contributed by atoms with Crippen LogP contribution in [0.2, 0.25) is 0 Å². The minimum absolute atomic E-state index is 0.158. The molecule has 1 aliphatic carbocycles. The van der Waals surface area contributed by atoms with E-state index >= 15 is 0 Å². The Morgan fingerprint density at radius 1 is 1.36 bits per heavy atom. The summed E-state index contributed by atoms with van der Waals surface area (Å²) in [6.45, 7) is 0.596. The molecule has 4 rings (SSSR count). The zero-order valence-corrected chi connectivity index (χ0v) is 13.9. The molecule has 0 saturated heterocycles. The van der Waals surface area contributed by atoms with Crippen molar-refractivity contribution in [2.24, 2.45) is 5.73 Å². The maximum absolute atomic E-state index is 11.7. The zero-order valence-electron chi connectivity index (χ0n) is 13.9. The van der Waals surface area contributed by atoms with Crippen molar-refractivity contribution < 1.29 is 9.53 Å². The first-order chi connectivity index (χ1) is 12.3. The van der Waals surface area contributed by atoms with Gasteiger partial charge in [-0.3, -0.25) is 0 Å². The summed E-state index contributed by atoms with van der Waals surface area (Å²) in [5.74, 6) is 0. The van der Waals surface area contributed by atoms with Crippen LogP contribution >= 0.6 is 0 Å². The summed E-state index contributed by atoms with van der Waals surface area (Å²) in [7, 11) is 0. The molecule has 8 heteroatoms. The number of amides is 1. The average molecular weight is 342 g/mol. The van der Waals surface area contributed by atoms with Crippen LogP contribution in [-0.4, -0.2) is 44.8 Å². The van der Waals surface area contributed by atoms with Gasteiger partial charge in [0.05, 0.1) is 18.0 Å². The fourth-order valence-corrected chi connectivity index (χ4v) is 3.67. The third-order valence-electron chi connectivity index (χ3n) is 4.88. The molecule has 0 bridgehead atoms. The topological polar surface area (TPSA) is 111 Å². The summed E-state index contributed by atoms with van der Waals surface area (Å²) in [5, 5.41) is 4.02. The first-order valence-corrected chi connectivity index (χ1v) is 8.68. The van der Waals surface area contributed by atoms with Crippen LogP contribution in [0.25, 0.3) is 22.1 Å². The number of aromatic amines is 1. The van der Waals surface area contributed by atoms with Crippen molar-refractivity contribution >= 4 is 28.2 Å². The largest absolute Gasteiger partial charge is 0.448 e. The predicted molar refractivity (Wildman–Crippen MR) is 94.2 cm³/mol. The van der Waals surface area contributed by atoms with Gasteiger partial charge < -0.3 is 25.3 Å². The number of pyridine rings is 1. The number of imidazole rings is 1. The molecule has 25 heavy (non-hydrogen) atoms. The number of nitrogens with one attached hydrogen (secondary N) is 2. The summed E-state index contributed by atoms with van der Waals surface area (Å²) < 4.78 is 7.25. The van der Waals surface area contributed by atoms with Gasteiger partial charge in [0, 0.05) is 30.2 Å². The zero-order chi connectivity index (χ0) is 17.2. The Hall–Kier alpha value is -2.61. The predicted octanol–water partition coefficient (Wildman–Crippen LogP) is 2.08. The van der Waals surface area contributed by atoms with Crippen molar-refractivity contribution in [3.63, 3.8) is 0 Å². The number of fused-ring (bicyclic) bond motifs is 3. The molecule has 1 saturated carbocycles. The average Bonchev–Trinajstić information content (AvgIpc) is 3.26. The summed E-state index contributed by atoms with van der Waals surface area (Å²) in [6.07, 6.45) is 9.07. The summed E-state index contributed by atoms with van der Waals surface area (Å²) in [4.78, 5) is 23.7. The molecule has 8 nitrogen and oxygen atoms in total. The van der Waals surface area contributed by atoms with Gasteiger partial charge in [-0.05, 0) is 31.7 Å². The lowest BCUT2D eigenvalue weighted by Crippen LogP contribution is -2.38. The second kappa shape index (κ2) is 6.72. The van der Waals surface area contributed by atoms with Gasteiger partial charge in [-0.2, -0.15) is 0 Å². The van der Waals surface area contributed by atoms with Crippen molar-refractivity contribution in [3.8, 4) is 0 Å². The third kappa shape index (κ3) is 3.05. The molecule has 4 N–H and O–H groups in total. The summed E-state index contributed by atoms with van der Waals surface area (Å²) >= 11 is 0. The van der Waals surface area contributed by atoms with Crippen LogP contribution in [0.15, 0.2) is 24.8 Å². The summed E-state index contributed by atoms with van der Waals surface area (Å²) in [5.41, 5.74) is 8.27. The lowest BCUT2D eigenvalue weighted by molar-refractivity contribution is 0.140. The second-order valence-corrected chi connectivity index (χ2v) is 6.46. The maximum Gasteiger partial charge on any atom is 0.407 e. The van der Waals surface area contributed by atoms with E-state index in [2.05, 4.69) is 24.8 Å². The number of nitrogens with two attached hydrogens (primary N) is 1. The molecule has 0 unspecified atom stereocenters. The quantitative estimate of drug-likeness (QED) is 0.672. The fraction of sp³-hybridized carbons (Fsp3) is 0.471. The van der Waals surface area contributed by atoms with Crippen molar-refractivity contribution in [2.45, 2.75) is 37.8 Å². The van der Waals surface area contributed by atoms with Crippen molar-refractivity contribution in [2.75, 3.05) is 13.2 Å². The Morgan fingerprint density at radius 2 is 2.20 bits per heavy atom. The van der Waals surface area contributed by atoms with Gasteiger partial charge in [-0.1, -0.05) is 0 Å². The number of H-pyrrole nitrogens is 1. The lowest BCUT2D eigenvalue weighted by atomic mass is 9.91. The first kappa shape index (κ1) is 15.9. The Bertz CT molecular complexity index is 878. The van der Waals surface area contributed by atoms with Gasteiger partial charge in [0.15, 0.2) is 0 Å². The molecule has 0 radical (unpaired) electrons. The van der Waals surface area contributed by atoms with E-state index in [-0.39, 0.29) is 18.7 Å². The Kier molecular flexibility index (Phi) is 4.27. The van der Waals surface area contributed by atoms with E-state index in [1.165, 1.54) is 0 Å². The number of ether oxygens (including phenoxy) is 1. The highest BCUT2D eigenvalue weighted by atomic mass is 16.5. The number of hydrogen-bond donors (Lipinski definition) is 3. The van der Waals surface area contributed by atoms with Gasteiger partial charge in [-0.15, -0.1) is 0 Å². The number of rotatable bonds is 4. The van der Waals surface area contributed by atoms with Crippen LogP contribution in [0, 0.1) is 0 Å². The second-order valence-electron chi connectivity index (χ2n) is 6.46. The van der Waals surface area contributed by atoms with E-state index in [1.807, 2.05) is 24.8 Å². The highest BCUT2D eigenvalue weighted by molar-refractivity contribution is 6.00. The number of hydrogen-bond acceptors (Lipinski definition) is 5. The lowest BCUT2D eigenvalue weighted by Gasteiger charge is -2.30. The molecule has 3 heterocycles. The third-order valence-corrected chi connectivity index (χ3v) is 4.88. The Labute approximate surface area is 144 Å². The van der Waals surface area contributed by atoms with Crippen LogP contribution in [0.4, 0.5) is 4.79 Å². The van der Waals surface area contributed by atoms with E-state index in [0.29, 0.717) is 12.6 Å².